The van der Waals surface area contributed by atoms with Gasteiger partial charge < -0.3 is 10.0 Å². The minimum atomic E-state index is -1.03. The van der Waals surface area contributed by atoms with Gasteiger partial charge in [-0.3, -0.25) is 14.2 Å². The fourth-order valence-electron chi connectivity index (χ4n) is 2.59. The van der Waals surface area contributed by atoms with Crippen LogP contribution in [-0.2, 0) is 11.3 Å². The molecule has 3 rings (SSSR count). The molecule has 0 aliphatic carbocycles. The van der Waals surface area contributed by atoms with Gasteiger partial charge in [0.1, 0.15) is 11.6 Å². The molecule has 8 heteroatoms. The number of hydrogen-bond acceptors (Lipinski definition) is 5. The van der Waals surface area contributed by atoms with Gasteiger partial charge in [0.2, 0.25) is 0 Å². The van der Waals surface area contributed by atoms with Gasteiger partial charge in [-0.25, -0.2) is 9.78 Å². The minimum absolute atomic E-state index is 0.0376. The summed E-state index contributed by atoms with van der Waals surface area (Å²) >= 11 is 1.47. The van der Waals surface area contributed by atoms with Gasteiger partial charge in [-0.05, 0) is 12.8 Å². The van der Waals surface area contributed by atoms with E-state index in [2.05, 4.69) is 4.98 Å². The summed E-state index contributed by atoms with van der Waals surface area (Å²) in [5.41, 5.74) is -0.412. The Hall–Kier alpha value is -1.83. The van der Waals surface area contributed by atoms with Crippen LogP contribution in [0.25, 0.3) is 0 Å². The van der Waals surface area contributed by atoms with E-state index in [1.54, 1.807) is 0 Å². The topological polar surface area (TPSA) is 92.5 Å². The third-order valence-electron chi connectivity index (χ3n) is 3.59. The van der Waals surface area contributed by atoms with Gasteiger partial charge in [-0.15, -0.1) is 0 Å². The highest BCUT2D eigenvalue weighted by Gasteiger charge is 2.36. The summed E-state index contributed by atoms with van der Waals surface area (Å²) in [6.45, 7) is 0.904. The number of amides is 1. The second kappa shape index (κ2) is 4.93. The molecule has 1 atom stereocenters. The van der Waals surface area contributed by atoms with E-state index >= 15 is 0 Å². The summed E-state index contributed by atoms with van der Waals surface area (Å²) in [6, 6.07) is -0.838. The van der Waals surface area contributed by atoms with E-state index in [1.165, 1.54) is 27.4 Å². The Morgan fingerprint density at radius 1 is 1.40 bits per heavy atom. The molecule has 1 saturated heterocycles. The zero-order valence-electron chi connectivity index (χ0n) is 10.6. The van der Waals surface area contributed by atoms with E-state index in [1.807, 2.05) is 0 Å². The summed E-state index contributed by atoms with van der Waals surface area (Å²) in [5, 5.41) is 9.72. The highest BCUT2D eigenvalue weighted by atomic mass is 32.2. The Morgan fingerprint density at radius 2 is 2.20 bits per heavy atom. The molecular formula is C12H13N3O4S. The first kappa shape index (κ1) is 13.2. The van der Waals surface area contributed by atoms with E-state index in [0.29, 0.717) is 31.1 Å². The molecule has 2 aliphatic rings. The van der Waals surface area contributed by atoms with Crippen molar-refractivity contribution in [2.75, 3.05) is 12.3 Å². The lowest BCUT2D eigenvalue weighted by Gasteiger charge is -2.21. The molecule has 0 saturated carbocycles. The average molecular weight is 295 g/mol. The average Bonchev–Trinajstić information content (AvgIpc) is 3.07. The lowest BCUT2D eigenvalue weighted by atomic mass is 10.2. The first-order chi connectivity index (χ1) is 9.59. The predicted octanol–water partition coefficient (Wildman–Crippen LogP) is 0.0382. The molecule has 20 heavy (non-hydrogen) atoms. The summed E-state index contributed by atoms with van der Waals surface area (Å²) in [4.78, 5) is 41.1. The quantitative estimate of drug-likeness (QED) is 0.774. The Bertz CT molecular complexity index is 642. The van der Waals surface area contributed by atoms with Gasteiger partial charge in [-0.1, -0.05) is 11.8 Å². The number of carbonyl (C=O) groups excluding carboxylic acids is 1. The SMILES string of the molecule is O=C(O)[C@@H]1CCCN1C(=O)c1cnc2n(c1=O)CCS2. The van der Waals surface area contributed by atoms with Crippen LogP contribution in [0.5, 0.6) is 0 Å². The first-order valence-electron chi connectivity index (χ1n) is 6.36. The minimum Gasteiger partial charge on any atom is -0.480 e. The number of likely N-dealkylation sites (tertiary alicyclic amines) is 1. The van der Waals surface area contributed by atoms with E-state index < -0.39 is 17.9 Å². The number of carboxylic acids is 1. The van der Waals surface area contributed by atoms with E-state index in [0.717, 1.165) is 5.75 Å². The fourth-order valence-corrected chi connectivity index (χ4v) is 3.50. The molecule has 2 aliphatic heterocycles. The standard InChI is InChI=1S/C12H13N3O4S/c16-9(14-3-1-2-8(14)11(18)19)7-6-13-12-15(10(7)17)4-5-20-12/h6,8H,1-5H2,(H,18,19)/t8-/m0/s1. The zero-order valence-corrected chi connectivity index (χ0v) is 11.4. The monoisotopic (exact) mass is 295 g/mol. The van der Waals surface area contributed by atoms with Crippen LogP contribution in [0.4, 0.5) is 0 Å². The molecule has 1 amide bonds. The number of fused-ring (bicyclic) bond motifs is 1. The molecule has 0 spiro atoms. The predicted molar refractivity (Wildman–Crippen MR) is 70.9 cm³/mol. The van der Waals surface area contributed by atoms with Gasteiger partial charge in [0, 0.05) is 25.0 Å². The van der Waals surface area contributed by atoms with Crippen molar-refractivity contribution in [3.05, 3.63) is 22.1 Å². The molecule has 0 bridgehead atoms. The number of hydrogen-bond donors (Lipinski definition) is 1. The second-order valence-electron chi connectivity index (χ2n) is 4.75. The van der Waals surface area contributed by atoms with Gasteiger partial charge in [0.15, 0.2) is 5.16 Å². The number of aliphatic carboxylic acids is 1. The van der Waals surface area contributed by atoms with Crippen molar-refractivity contribution in [3.8, 4) is 0 Å². The van der Waals surface area contributed by atoms with Crippen LogP contribution in [-0.4, -0.2) is 49.8 Å². The lowest BCUT2D eigenvalue weighted by Crippen LogP contribution is -2.43. The molecule has 7 nitrogen and oxygen atoms in total. The number of carboxylic acid groups (broad SMARTS) is 1. The van der Waals surface area contributed by atoms with Gasteiger partial charge in [0.05, 0.1) is 0 Å². The third-order valence-corrected chi connectivity index (χ3v) is 4.56. The van der Waals surface area contributed by atoms with Gasteiger partial charge in [-0.2, -0.15) is 0 Å². The van der Waals surface area contributed by atoms with E-state index in [4.69, 9.17) is 5.11 Å². The number of aromatic nitrogens is 2. The molecule has 0 aromatic carbocycles. The van der Waals surface area contributed by atoms with Crippen LogP contribution in [0.15, 0.2) is 16.1 Å². The van der Waals surface area contributed by atoms with Crippen molar-refractivity contribution in [3.63, 3.8) is 0 Å². The highest BCUT2D eigenvalue weighted by Crippen LogP contribution is 2.22. The van der Waals surface area contributed by atoms with E-state index in [9.17, 15) is 14.4 Å². The summed E-state index contributed by atoms with van der Waals surface area (Å²) < 4.78 is 1.48. The van der Waals surface area contributed by atoms with Crippen LogP contribution in [0, 0.1) is 0 Å². The highest BCUT2D eigenvalue weighted by molar-refractivity contribution is 7.99. The lowest BCUT2D eigenvalue weighted by molar-refractivity contribution is -0.141. The van der Waals surface area contributed by atoms with Crippen molar-refractivity contribution in [2.24, 2.45) is 0 Å². The Balaban J connectivity index is 1.96. The summed E-state index contributed by atoms with van der Waals surface area (Å²) in [7, 11) is 0. The van der Waals surface area contributed by atoms with Crippen molar-refractivity contribution in [1.29, 1.82) is 0 Å². The van der Waals surface area contributed by atoms with Crippen LogP contribution >= 0.6 is 11.8 Å². The Kier molecular flexibility index (Phi) is 3.25. The Labute approximate surface area is 118 Å². The van der Waals surface area contributed by atoms with E-state index in [-0.39, 0.29) is 11.1 Å². The van der Waals surface area contributed by atoms with Crippen LogP contribution in [0.2, 0.25) is 0 Å². The first-order valence-corrected chi connectivity index (χ1v) is 7.34. The smallest absolute Gasteiger partial charge is 0.326 e. The molecular weight excluding hydrogens is 282 g/mol. The number of thioether (sulfide) groups is 1. The third kappa shape index (κ3) is 2.00. The van der Waals surface area contributed by atoms with Crippen molar-refractivity contribution in [1.82, 2.24) is 14.5 Å². The molecule has 0 radical (unpaired) electrons. The van der Waals surface area contributed by atoms with Gasteiger partial charge in [0.25, 0.3) is 11.5 Å². The molecule has 1 N–H and O–H groups in total. The van der Waals surface area contributed by atoms with Crippen LogP contribution in [0.1, 0.15) is 23.2 Å². The van der Waals surface area contributed by atoms with Gasteiger partial charge >= 0.3 is 5.97 Å². The molecule has 1 aromatic heterocycles. The second-order valence-corrected chi connectivity index (χ2v) is 5.82. The number of nitrogens with zero attached hydrogens (tertiary/aromatic N) is 3. The fraction of sp³-hybridized carbons (Fsp3) is 0.500. The molecule has 3 heterocycles. The normalized spacial score (nSPS) is 21.0. The summed E-state index contributed by atoms with van der Waals surface area (Å²) in [6.07, 6.45) is 2.33. The van der Waals surface area contributed by atoms with Crippen LogP contribution < -0.4 is 5.56 Å². The maximum atomic E-state index is 12.4. The van der Waals surface area contributed by atoms with Crippen LogP contribution in [0.3, 0.4) is 0 Å². The summed E-state index contributed by atoms with van der Waals surface area (Å²) in [5.74, 6) is -0.790. The Morgan fingerprint density at radius 3 is 2.95 bits per heavy atom. The molecule has 1 fully saturated rings. The zero-order chi connectivity index (χ0) is 14.3. The van der Waals surface area contributed by atoms with Crippen molar-refractivity contribution < 1.29 is 14.7 Å². The molecule has 0 unspecified atom stereocenters. The molecule has 106 valence electrons. The maximum absolute atomic E-state index is 12.4. The largest absolute Gasteiger partial charge is 0.480 e. The van der Waals surface area contributed by atoms with Crippen molar-refractivity contribution in [2.45, 2.75) is 30.6 Å². The number of rotatable bonds is 2. The maximum Gasteiger partial charge on any atom is 0.326 e. The van der Waals surface area contributed by atoms with Crippen molar-refractivity contribution >= 4 is 23.6 Å². The molecule has 1 aromatic rings. The number of carbonyl (C=O) groups is 2.